The molecule has 3 heterocycles. The number of carbonyl (C=O) groups excluding carboxylic acids is 6. The Labute approximate surface area is 298 Å². The molecule has 1 aromatic carbocycles. The van der Waals surface area contributed by atoms with Gasteiger partial charge in [0.05, 0.1) is 18.7 Å². The smallest absolute Gasteiger partial charge is 0.409 e. The minimum absolute atomic E-state index is 0.0219. The Hall–Kier alpha value is -4.95. The summed E-state index contributed by atoms with van der Waals surface area (Å²) < 4.78 is 16.4. The lowest BCUT2D eigenvalue weighted by Gasteiger charge is -2.36. The zero-order chi connectivity index (χ0) is 37.1. The van der Waals surface area contributed by atoms with Gasteiger partial charge in [-0.05, 0) is 71.1 Å². The van der Waals surface area contributed by atoms with Crippen molar-refractivity contribution in [3.8, 4) is 5.75 Å². The lowest BCUT2D eigenvalue weighted by Crippen LogP contribution is -2.56. The SMILES string of the molecule is CCCNC(=O)C1CCCN1C(=O)[C@@H](C)Oc1cc(C(=O)NC(CCC(=O)OCC)C(=O)N2CCN(C(=O)OCC)CC2)nc2cc(C)ccc12. The van der Waals surface area contributed by atoms with E-state index >= 15 is 0 Å². The third-order valence-electron chi connectivity index (χ3n) is 8.86. The summed E-state index contributed by atoms with van der Waals surface area (Å²) in [6.45, 7) is 11.2. The number of likely N-dealkylation sites (tertiary alicyclic amines) is 1. The van der Waals surface area contributed by atoms with Crippen LogP contribution in [0.5, 0.6) is 5.75 Å². The normalized spacial score (nSPS) is 17.0. The van der Waals surface area contributed by atoms with E-state index in [9.17, 15) is 28.8 Å². The van der Waals surface area contributed by atoms with Gasteiger partial charge in [0, 0.05) is 57.1 Å². The number of esters is 1. The van der Waals surface area contributed by atoms with Gasteiger partial charge in [0.2, 0.25) is 11.8 Å². The van der Waals surface area contributed by atoms with Gasteiger partial charge < -0.3 is 39.5 Å². The maximum absolute atomic E-state index is 13.8. The highest BCUT2D eigenvalue weighted by atomic mass is 16.6. The molecule has 2 saturated heterocycles. The molecule has 2 N–H and O–H groups in total. The first kappa shape index (κ1) is 38.8. The fourth-order valence-electron chi connectivity index (χ4n) is 6.19. The van der Waals surface area contributed by atoms with Crippen molar-refractivity contribution in [3.05, 3.63) is 35.5 Å². The maximum atomic E-state index is 13.8. The average molecular weight is 711 g/mol. The number of hydrogen-bond donors (Lipinski definition) is 2. The lowest BCUT2D eigenvalue weighted by molar-refractivity contribution is -0.144. The number of piperazine rings is 1. The van der Waals surface area contributed by atoms with Crippen molar-refractivity contribution in [2.75, 3.05) is 52.5 Å². The zero-order valence-corrected chi connectivity index (χ0v) is 30.2. The molecule has 15 heteroatoms. The fourth-order valence-corrected chi connectivity index (χ4v) is 6.19. The number of aromatic nitrogens is 1. The van der Waals surface area contributed by atoms with Crippen molar-refractivity contribution < 1.29 is 43.0 Å². The standard InChI is InChI=1S/C36H50N6O9/c1-6-15-37-33(45)29-10-9-16-42(29)34(46)24(5)51-30-22-28(38-27-21-23(4)11-12-25(27)30)32(44)39-26(13-14-31(43)49-7-2)35(47)40-17-19-41(20-18-40)36(48)50-8-3/h11-12,21-22,24,26,29H,6-10,13-20H2,1-5H3,(H,37,45)(H,39,44)/t24-,26?,29?/m1/s1. The molecule has 4 rings (SSSR count). The molecule has 5 amide bonds. The highest BCUT2D eigenvalue weighted by Crippen LogP contribution is 2.29. The molecule has 1 aromatic heterocycles. The van der Waals surface area contributed by atoms with Gasteiger partial charge in [-0.2, -0.15) is 0 Å². The van der Waals surface area contributed by atoms with E-state index in [1.807, 2.05) is 19.9 Å². The Morgan fingerprint density at radius 3 is 2.31 bits per heavy atom. The highest BCUT2D eigenvalue weighted by molar-refractivity contribution is 6.00. The van der Waals surface area contributed by atoms with Gasteiger partial charge in [-0.1, -0.05) is 13.0 Å². The van der Waals surface area contributed by atoms with Crippen LogP contribution in [0.1, 0.15) is 75.9 Å². The van der Waals surface area contributed by atoms with Crippen LogP contribution in [0.2, 0.25) is 0 Å². The number of amides is 5. The summed E-state index contributed by atoms with van der Waals surface area (Å²) in [6.07, 6.45) is 0.464. The molecule has 2 aliphatic rings. The van der Waals surface area contributed by atoms with E-state index in [1.54, 1.807) is 42.7 Å². The molecule has 278 valence electrons. The summed E-state index contributed by atoms with van der Waals surface area (Å²) >= 11 is 0. The third kappa shape index (κ3) is 10.1. The molecule has 15 nitrogen and oxygen atoms in total. The predicted octanol–water partition coefficient (Wildman–Crippen LogP) is 2.57. The van der Waals surface area contributed by atoms with Crippen LogP contribution in [0.15, 0.2) is 24.3 Å². The Balaban J connectivity index is 1.55. The first-order valence-corrected chi connectivity index (χ1v) is 17.8. The number of pyridine rings is 1. The minimum atomic E-state index is -1.10. The second-order valence-corrected chi connectivity index (χ2v) is 12.6. The van der Waals surface area contributed by atoms with Crippen molar-refractivity contribution in [3.63, 3.8) is 0 Å². The number of carbonyl (C=O) groups is 6. The van der Waals surface area contributed by atoms with Gasteiger partial charge in [0.1, 0.15) is 23.5 Å². The van der Waals surface area contributed by atoms with E-state index < -0.39 is 42.1 Å². The summed E-state index contributed by atoms with van der Waals surface area (Å²) in [5.41, 5.74) is 1.27. The largest absolute Gasteiger partial charge is 0.480 e. The number of rotatable bonds is 14. The van der Waals surface area contributed by atoms with Crippen molar-refractivity contribution in [1.82, 2.24) is 30.3 Å². The van der Waals surface area contributed by atoms with Crippen LogP contribution in [-0.2, 0) is 28.7 Å². The molecule has 0 bridgehead atoms. The van der Waals surface area contributed by atoms with Crippen LogP contribution in [-0.4, -0.2) is 126 Å². The Bertz CT molecular complexity index is 1590. The number of fused-ring (bicyclic) bond motifs is 1. The van der Waals surface area contributed by atoms with Crippen LogP contribution in [0.3, 0.4) is 0 Å². The quantitative estimate of drug-likeness (QED) is 0.277. The number of nitrogens with zero attached hydrogens (tertiary/aromatic N) is 4. The molecule has 0 aliphatic carbocycles. The maximum Gasteiger partial charge on any atom is 0.409 e. The number of aryl methyl sites for hydroxylation is 1. The molecule has 51 heavy (non-hydrogen) atoms. The molecule has 0 spiro atoms. The molecule has 2 aliphatic heterocycles. The Morgan fingerprint density at radius 2 is 1.63 bits per heavy atom. The first-order valence-electron chi connectivity index (χ1n) is 17.8. The van der Waals surface area contributed by atoms with Crippen LogP contribution in [0, 0.1) is 6.92 Å². The third-order valence-corrected chi connectivity index (χ3v) is 8.86. The summed E-state index contributed by atoms with van der Waals surface area (Å²) in [4.78, 5) is 87.6. The van der Waals surface area contributed by atoms with Crippen LogP contribution in [0.4, 0.5) is 4.79 Å². The van der Waals surface area contributed by atoms with Crippen LogP contribution >= 0.6 is 0 Å². The minimum Gasteiger partial charge on any atom is -0.480 e. The van der Waals surface area contributed by atoms with Crippen molar-refractivity contribution in [1.29, 1.82) is 0 Å². The number of hydrogen-bond acceptors (Lipinski definition) is 10. The van der Waals surface area contributed by atoms with Gasteiger partial charge in [0.25, 0.3) is 11.8 Å². The number of nitrogens with one attached hydrogen (secondary N) is 2. The number of benzene rings is 1. The van der Waals surface area contributed by atoms with Crippen LogP contribution < -0.4 is 15.4 Å². The van der Waals surface area contributed by atoms with Gasteiger partial charge >= 0.3 is 12.1 Å². The first-order chi connectivity index (χ1) is 24.5. The molecule has 0 saturated carbocycles. The van der Waals surface area contributed by atoms with E-state index in [0.29, 0.717) is 36.8 Å². The van der Waals surface area contributed by atoms with Gasteiger partial charge in [-0.15, -0.1) is 0 Å². The van der Waals surface area contributed by atoms with Crippen molar-refractivity contribution >= 4 is 46.6 Å². The zero-order valence-electron chi connectivity index (χ0n) is 30.2. The van der Waals surface area contributed by atoms with Gasteiger partial charge in [0.15, 0.2) is 6.10 Å². The van der Waals surface area contributed by atoms with E-state index in [0.717, 1.165) is 12.0 Å². The van der Waals surface area contributed by atoms with Crippen LogP contribution in [0.25, 0.3) is 10.9 Å². The van der Waals surface area contributed by atoms with E-state index in [-0.39, 0.29) is 75.5 Å². The van der Waals surface area contributed by atoms with E-state index in [4.69, 9.17) is 14.2 Å². The Morgan fingerprint density at radius 1 is 0.922 bits per heavy atom. The fraction of sp³-hybridized carbons (Fsp3) is 0.583. The molecule has 2 aromatic rings. The highest BCUT2D eigenvalue weighted by Gasteiger charge is 2.37. The average Bonchev–Trinajstić information content (AvgIpc) is 3.62. The van der Waals surface area contributed by atoms with Crippen molar-refractivity contribution in [2.24, 2.45) is 0 Å². The topological polar surface area (TPSA) is 177 Å². The molecule has 2 fully saturated rings. The number of ether oxygens (including phenoxy) is 3. The Kier molecular flexibility index (Phi) is 14.0. The molecule has 0 radical (unpaired) electrons. The lowest BCUT2D eigenvalue weighted by atomic mass is 10.1. The van der Waals surface area contributed by atoms with Crippen molar-refractivity contribution in [2.45, 2.75) is 84.9 Å². The molecule has 2 unspecified atom stereocenters. The monoisotopic (exact) mass is 710 g/mol. The second-order valence-electron chi connectivity index (χ2n) is 12.6. The van der Waals surface area contributed by atoms with E-state index in [1.165, 1.54) is 11.0 Å². The summed E-state index contributed by atoms with van der Waals surface area (Å²) in [7, 11) is 0. The van der Waals surface area contributed by atoms with Gasteiger partial charge in [-0.25, -0.2) is 9.78 Å². The summed E-state index contributed by atoms with van der Waals surface area (Å²) in [5, 5.41) is 6.21. The summed E-state index contributed by atoms with van der Waals surface area (Å²) in [5.74, 6) is -1.89. The van der Waals surface area contributed by atoms with Gasteiger partial charge in [-0.3, -0.25) is 24.0 Å². The second kappa shape index (κ2) is 18.3. The molecular formula is C36H50N6O9. The molecular weight excluding hydrogens is 660 g/mol. The molecule has 3 atom stereocenters. The summed E-state index contributed by atoms with van der Waals surface area (Å²) in [6, 6.07) is 5.20. The van der Waals surface area contributed by atoms with E-state index in [2.05, 4.69) is 15.6 Å². The predicted molar refractivity (Wildman–Crippen MR) is 187 cm³/mol.